The summed E-state index contributed by atoms with van der Waals surface area (Å²) >= 11 is 0. The van der Waals surface area contributed by atoms with Gasteiger partial charge < -0.3 is 0 Å². The van der Waals surface area contributed by atoms with E-state index in [9.17, 15) is 0 Å². The van der Waals surface area contributed by atoms with Crippen LogP contribution < -0.4 is 0 Å². The smallest absolute Gasteiger partial charge is 0.0197 e. The van der Waals surface area contributed by atoms with Gasteiger partial charge in [-0.1, -0.05) is 44.6 Å². The van der Waals surface area contributed by atoms with Crippen LogP contribution in [0.5, 0.6) is 0 Å². The van der Waals surface area contributed by atoms with Crippen LogP contribution in [0, 0.1) is 11.8 Å². The molecule has 1 rings (SSSR count). The third-order valence-electron chi connectivity index (χ3n) is 2.65. The largest absolute Gasteiger partial charge is 0.0991 e. The summed E-state index contributed by atoms with van der Waals surface area (Å²) in [6.45, 7) is 8.27. The molecule has 0 aromatic carbocycles. The Balaban J connectivity index is 2.45. The first kappa shape index (κ1) is 7.59. The third kappa shape index (κ3) is 1.16. The molecule has 1 aliphatic carbocycles. The van der Waals surface area contributed by atoms with Crippen LogP contribution in [0.2, 0.25) is 0 Å². The summed E-state index contributed by atoms with van der Waals surface area (Å²) in [6.07, 6.45) is 6.70. The summed E-state index contributed by atoms with van der Waals surface area (Å²) in [5, 5.41) is 0. The summed E-state index contributed by atoms with van der Waals surface area (Å²) < 4.78 is 0. The number of rotatable bonds is 2. The van der Waals surface area contributed by atoms with Crippen LogP contribution in [0.1, 0.15) is 26.7 Å². The van der Waals surface area contributed by atoms with E-state index >= 15 is 0 Å². The lowest BCUT2D eigenvalue weighted by Crippen LogP contribution is -2.25. The van der Waals surface area contributed by atoms with Gasteiger partial charge in [0.1, 0.15) is 0 Å². The topological polar surface area (TPSA) is 0 Å². The van der Waals surface area contributed by atoms with Crippen molar-refractivity contribution in [3.05, 3.63) is 24.3 Å². The van der Waals surface area contributed by atoms with Crippen molar-refractivity contribution in [2.45, 2.75) is 26.7 Å². The van der Waals surface area contributed by atoms with E-state index in [1.165, 1.54) is 12.8 Å². The number of allylic oxidation sites excluding steroid dienone is 3. The van der Waals surface area contributed by atoms with Crippen LogP contribution in [0.25, 0.3) is 0 Å². The highest BCUT2D eigenvalue weighted by Crippen LogP contribution is 2.41. The average Bonchev–Trinajstić information content (AvgIpc) is 1.96. The molecule has 56 valence electrons. The molecule has 0 aliphatic heterocycles. The lowest BCUT2D eigenvalue weighted by Gasteiger charge is -2.36. The molecule has 0 radical (unpaired) electrons. The van der Waals surface area contributed by atoms with Crippen molar-refractivity contribution in [1.29, 1.82) is 0 Å². The van der Waals surface area contributed by atoms with Gasteiger partial charge in [-0.25, -0.2) is 0 Å². The Morgan fingerprint density at radius 2 is 2.40 bits per heavy atom. The summed E-state index contributed by atoms with van der Waals surface area (Å²) in [5.74, 6) is 1.77. The second-order valence-electron chi connectivity index (χ2n) is 3.14. The standard InChI is InChI=1S/C10H16/c1-4-6-10-7-9(5-2)8(10)3/h4,6,8-9H,1,5,7H2,2-3H3. The molecule has 0 aromatic rings. The minimum Gasteiger partial charge on any atom is -0.0991 e. The lowest BCUT2D eigenvalue weighted by molar-refractivity contribution is 0.288. The van der Waals surface area contributed by atoms with Crippen molar-refractivity contribution >= 4 is 0 Å². The first-order valence-electron chi connectivity index (χ1n) is 4.11. The van der Waals surface area contributed by atoms with E-state index in [-0.39, 0.29) is 0 Å². The van der Waals surface area contributed by atoms with Crippen LogP contribution in [-0.2, 0) is 0 Å². The molecule has 10 heavy (non-hydrogen) atoms. The Morgan fingerprint density at radius 1 is 1.70 bits per heavy atom. The molecule has 1 fully saturated rings. The van der Waals surface area contributed by atoms with Gasteiger partial charge in [-0.3, -0.25) is 0 Å². The van der Waals surface area contributed by atoms with Crippen molar-refractivity contribution in [2.75, 3.05) is 0 Å². The highest BCUT2D eigenvalue weighted by molar-refractivity contribution is 5.21. The minimum atomic E-state index is 0.822. The predicted octanol–water partition coefficient (Wildman–Crippen LogP) is 3.16. The van der Waals surface area contributed by atoms with Gasteiger partial charge in [-0.15, -0.1) is 0 Å². The van der Waals surface area contributed by atoms with Crippen molar-refractivity contribution < 1.29 is 0 Å². The fourth-order valence-electron chi connectivity index (χ4n) is 1.68. The minimum absolute atomic E-state index is 0.822. The van der Waals surface area contributed by atoms with Crippen LogP contribution in [0.3, 0.4) is 0 Å². The van der Waals surface area contributed by atoms with E-state index in [0.717, 1.165) is 11.8 Å². The zero-order chi connectivity index (χ0) is 7.56. The molecule has 0 bridgehead atoms. The second-order valence-corrected chi connectivity index (χ2v) is 3.14. The first-order chi connectivity index (χ1) is 4.79. The van der Waals surface area contributed by atoms with Gasteiger partial charge in [0.2, 0.25) is 0 Å². The summed E-state index contributed by atoms with van der Waals surface area (Å²) in [6, 6.07) is 0. The molecule has 1 aliphatic rings. The monoisotopic (exact) mass is 136 g/mol. The lowest BCUT2D eigenvalue weighted by atomic mass is 9.69. The van der Waals surface area contributed by atoms with Crippen LogP contribution in [0.4, 0.5) is 0 Å². The van der Waals surface area contributed by atoms with Crippen molar-refractivity contribution in [3.63, 3.8) is 0 Å². The molecule has 0 saturated heterocycles. The van der Waals surface area contributed by atoms with E-state index in [1.807, 2.05) is 6.08 Å². The quantitative estimate of drug-likeness (QED) is 0.547. The highest BCUT2D eigenvalue weighted by atomic mass is 14.3. The van der Waals surface area contributed by atoms with Crippen molar-refractivity contribution in [3.8, 4) is 0 Å². The number of hydrogen-bond acceptors (Lipinski definition) is 0. The molecule has 0 N–H and O–H groups in total. The van der Waals surface area contributed by atoms with Crippen molar-refractivity contribution in [1.82, 2.24) is 0 Å². The van der Waals surface area contributed by atoms with Gasteiger partial charge in [-0.05, 0) is 18.3 Å². The Kier molecular flexibility index (Phi) is 2.31. The molecule has 0 spiro atoms. The summed E-state index contributed by atoms with van der Waals surface area (Å²) in [7, 11) is 0. The maximum atomic E-state index is 3.69. The molecule has 0 heterocycles. The Morgan fingerprint density at radius 3 is 2.80 bits per heavy atom. The van der Waals surface area contributed by atoms with Crippen LogP contribution >= 0.6 is 0 Å². The predicted molar refractivity (Wildman–Crippen MR) is 45.8 cm³/mol. The molecular formula is C10H16. The molecule has 0 nitrogen and oxygen atoms in total. The van der Waals surface area contributed by atoms with Crippen LogP contribution in [-0.4, -0.2) is 0 Å². The van der Waals surface area contributed by atoms with Crippen LogP contribution in [0.15, 0.2) is 24.3 Å². The third-order valence-corrected chi connectivity index (χ3v) is 2.65. The Labute approximate surface area is 63.6 Å². The second kappa shape index (κ2) is 3.05. The van der Waals surface area contributed by atoms with E-state index < -0.39 is 0 Å². The number of hydrogen-bond donors (Lipinski definition) is 0. The zero-order valence-corrected chi connectivity index (χ0v) is 6.93. The maximum Gasteiger partial charge on any atom is -0.0197 e. The SMILES string of the molecule is C=CC=C1CC(CC)C1C. The maximum absolute atomic E-state index is 3.69. The van der Waals surface area contributed by atoms with Gasteiger partial charge in [0.05, 0.1) is 0 Å². The van der Waals surface area contributed by atoms with Gasteiger partial charge in [0, 0.05) is 0 Å². The zero-order valence-electron chi connectivity index (χ0n) is 6.93. The molecule has 1 saturated carbocycles. The van der Waals surface area contributed by atoms with Gasteiger partial charge in [-0.2, -0.15) is 0 Å². The molecule has 0 aromatic heterocycles. The van der Waals surface area contributed by atoms with Gasteiger partial charge in [0.25, 0.3) is 0 Å². The molecular weight excluding hydrogens is 120 g/mol. The summed E-state index contributed by atoms with van der Waals surface area (Å²) in [5.41, 5.74) is 1.59. The van der Waals surface area contributed by atoms with E-state index in [2.05, 4.69) is 26.5 Å². The van der Waals surface area contributed by atoms with Gasteiger partial charge in [0.15, 0.2) is 0 Å². The molecule has 2 atom stereocenters. The van der Waals surface area contributed by atoms with Crippen molar-refractivity contribution in [2.24, 2.45) is 11.8 Å². The Bertz CT molecular complexity index is 153. The molecule has 0 heteroatoms. The Hall–Kier alpha value is -0.520. The van der Waals surface area contributed by atoms with E-state index in [1.54, 1.807) is 5.57 Å². The first-order valence-corrected chi connectivity index (χ1v) is 4.11. The molecule has 0 amide bonds. The fraction of sp³-hybridized carbons (Fsp3) is 0.600. The highest BCUT2D eigenvalue weighted by Gasteiger charge is 2.29. The summed E-state index contributed by atoms with van der Waals surface area (Å²) in [4.78, 5) is 0. The normalized spacial score (nSPS) is 35.6. The van der Waals surface area contributed by atoms with E-state index in [4.69, 9.17) is 0 Å². The fourth-order valence-corrected chi connectivity index (χ4v) is 1.68. The average molecular weight is 136 g/mol. The molecule has 2 unspecified atom stereocenters. The van der Waals surface area contributed by atoms with Gasteiger partial charge >= 0.3 is 0 Å². The van der Waals surface area contributed by atoms with E-state index in [0.29, 0.717) is 0 Å².